The number of guanidine groups is 1. The highest BCUT2D eigenvalue weighted by Crippen LogP contribution is 2.09. The van der Waals surface area contributed by atoms with Gasteiger partial charge in [-0.1, -0.05) is 30.3 Å². The largest absolute Gasteiger partial charge is 0.326 e. The van der Waals surface area contributed by atoms with Crippen LogP contribution in [0.25, 0.3) is 0 Å². The van der Waals surface area contributed by atoms with Gasteiger partial charge in [0.05, 0.1) is 12.2 Å². The average molecular weight is 348 g/mol. The monoisotopic (exact) mass is 348 g/mol. The van der Waals surface area contributed by atoms with E-state index in [1.54, 1.807) is 42.6 Å². The Hall–Kier alpha value is -3.54. The first-order valence-corrected chi connectivity index (χ1v) is 8.04. The van der Waals surface area contributed by atoms with Crippen molar-refractivity contribution in [1.82, 2.24) is 10.3 Å². The van der Waals surface area contributed by atoms with Crippen molar-refractivity contribution in [2.24, 2.45) is 4.99 Å². The van der Waals surface area contributed by atoms with Gasteiger partial charge in [-0.15, -0.1) is 0 Å². The van der Waals surface area contributed by atoms with Crippen LogP contribution in [0.2, 0.25) is 0 Å². The number of anilines is 1. The molecule has 0 fully saturated rings. The summed E-state index contributed by atoms with van der Waals surface area (Å²) in [5.74, 6) is -0.474. The fraction of sp³-hybridized carbons (Fsp3) is 0.0500. The minimum Gasteiger partial charge on any atom is -0.326 e. The molecule has 0 saturated carbocycles. The zero-order valence-corrected chi connectivity index (χ0v) is 13.9. The van der Waals surface area contributed by atoms with Crippen LogP contribution in [0, 0.1) is 5.82 Å². The molecule has 0 bridgehead atoms. The molecule has 2 aromatic carbocycles. The molecule has 1 heterocycles. The van der Waals surface area contributed by atoms with E-state index in [1.807, 2.05) is 24.3 Å². The molecule has 1 aromatic heterocycles. The third kappa shape index (κ3) is 4.98. The number of aromatic nitrogens is 1. The maximum atomic E-state index is 13.4. The molecule has 6 heteroatoms. The number of nitrogens with zero attached hydrogens (tertiary/aromatic N) is 2. The third-order valence-corrected chi connectivity index (χ3v) is 3.48. The number of rotatable bonds is 4. The highest BCUT2D eigenvalue weighted by Gasteiger charge is 2.09. The Morgan fingerprint density at radius 2 is 1.81 bits per heavy atom. The van der Waals surface area contributed by atoms with E-state index in [9.17, 15) is 9.18 Å². The van der Waals surface area contributed by atoms with Gasteiger partial charge in [-0.25, -0.2) is 9.38 Å². The van der Waals surface area contributed by atoms with E-state index in [4.69, 9.17) is 0 Å². The quantitative estimate of drug-likeness (QED) is 0.559. The lowest BCUT2D eigenvalue weighted by atomic mass is 10.2. The minimum atomic E-state index is -0.381. The number of aliphatic imine (C=N–C) groups is 1. The molecular formula is C20H17FN4O. The number of halogens is 1. The maximum Gasteiger partial charge on any atom is 0.257 e. The summed E-state index contributed by atoms with van der Waals surface area (Å²) < 4.78 is 13.4. The van der Waals surface area contributed by atoms with Gasteiger partial charge >= 0.3 is 0 Å². The zero-order valence-electron chi connectivity index (χ0n) is 13.9. The summed E-state index contributed by atoms with van der Waals surface area (Å²) in [6.45, 7) is 0.271. The van der Waals surface area contributed by atoms with Crippen LogP contribution < -0.4 is 10.6 Å². The number of hydrogen-bond acceptors (Lipinski definition) is 3. The van der Waals surface area contributed by atoms with Crippen LogP contribution in [0.1, 0.15) is 16.1 Å². The first kappa shape index (κ1) is 17.3. The van der Waals surface area contributed by atoms with E-state index in [2.05, 4.69) is 20.6 Å². The SMILES string of the molecule is O=C(NC(=NCc1ccccn1)Nc1cccc(F)c1)c1ccccc1. The van der Waals surface area contributed by atoms with Crippen molar-refractivity contribution in [3.63, 3.8) is 0 Å². The van der Waals surface area contributed by atoms with Crippen LogP contribution >= 0.6 is 0 Å². The number of amides is 1. The van der Waals surface area contributed by atoms with E-state index in [0.29, 0.717) is 11.3 Å². The fourth-order valence-electron chi connectivity index (χ4n) is 2.23. The van der Waals surface area contributed by atoms with Gasteiger partial charge < -0.3 is 5.32 Å². The molecule has 0 aliphatic heterocycles. The normalized spacial score (nSPS) is 11.0. The number of carbonyl (C=O) groups is 1. The Morgan fingerprint density at radius 3 is 2.54 bits per heavy atom. The molecule has 0 aliphatic carbocycles. The van der Waals surface area contributed by atoms with E-state index in [0.717, 1.165) is 5.69 Å². The van der Waals surface area contributed by atoms with E-state index in [-0.39, 0.29) is 24.2 Å². The van der Waals surface area contributed by atoms with Gasteiger partial charge in [0.15, 0.2) is 0 Å². The highest BCUT2D eigenvalue weighted by molar-refractivity contribution is 6.09. The van der Waals surface area contributed by atoms with Gasteiger partial charge in [0, 0.05) is 17.4 Å². The molecule has 0 spiro atoms. The standard InChI is InChI=1S/C20H17FN4O/c21-16-9-6-11-17(13-16)24-20(23-14-18-10-4-5-12-22-18)25-19(26)15-7-2-1-3-8-15/h1-13H,14H2,(H2,23,24,25,26). The molecule has 0 radical (unpaired) electrons. The first-order chi connectivity index (χ1) is 12.7. The van der Waals surface area contributed by atoms with Gasteiger partial charge in [-0.3, -0.25) is 15.1 Å². The Bertz CT molecular complexity index is 898. The molecule has 2 N–H and O–H groups in total. The van der Waals surface area contributed by atoms with Crippen LogP contribution in [-0.4, -0.2) is 16.9 Å². The average Bonchev–Trinajstić information content (AvgIpc) is 2.67. The molecule has 3 aromatic rings. The van der Waals surface area contributed by atoms with Crippen molar-refractivity contribution in [3.8, 4) is 0 Å². The summed E-state index contributed by atoms with van der Waals surface area (Å²) in [7, 11) is 0. The smallest absolute Gasteiger partial charge is 0.257 e. The van der Waals surface area contributed by atoms with Gasteiger partial charge in [0.2, 0.25) is 5.96 Å². The Kier molecular flexibility index (Phi) is 5.67. The van der Waals surface area contributed by atoms with Crippen LogP contribution in [0.3, 0.4) is 0 Å². The van der Waals surface area contributed by atoms with Crippen molar-refractivity contribution in [2.45, 2.75) is 6.54 Å². The van der Waals surface area contributed by atoms with Crippen LogP contribution in [0.5, 0.6) is 0 Å². The third-order valence-electron chi connectivity index (χ3n) is 3.48. The number of nitrogens with one attached hydrogen (secondary N) is 2. The number of pyridine rings is 1. The summed E-state index contributed by atoms with van der Waals surface area (Å²) in [6, 6.07) is 20.2. The van der Waals surface area contributed by atoms with Gasteiger partial charge in [-0.05, 0) is 42.5 Å². The van der Waals surface area contributed by atoms with Gasteiger partial charge in [0.25, 0.3) is 5.91 Å². The zero-order chi connectivity index (χ0) is 18.2. The van der Waals surface area contributed by atoms with E-state index in [1.165, 1.54) is 12.1 Å². The number of hydrogen-bond donors (Lipinski definition) is 2. The summed E-state index contributed by atoms with van der Waals surface area (Å²) in [4.78, 5) is 21.0. The second-order valence-corrected chi connectivity index (χ2v) is 5.44. The number of carbonyl (C=O) groups excluding carboxylic acids is 1. The van der Waals surface area contributed by atoms with Crippen molar-refractivity contribution in [3.05, 3.63) is 96.1 Å². The molecule has 26 heavy (non-hydrogen) atoms. The maximum absolute atomic E-state index is 13.4. The predicted octanol–water partition coefficient (Wildman–Crippen LogP) is 3.62. The predicted molar refractivity (Wildman–Crippen MR) is 99.3 cm³/mol. The van der Waals surface area contributed by atoms with Crippen LogP contribution in [-0.2, 0) is 6.54 Å². The Labute approximate surface area is 150 Å². The topological polar surface area (TPSA) is 66.4 Å². The van der Waals surface area contributed by atoms with Crippen LogP contribution in [0.4, 0.5) is 10.1 Å². The lowest BCUT2D eigenvalue weighted by Crippen LogP contribution is -2.36. The van der Waals surface area contributed by atoms with Crippen molar-refractivity contribution in [2.75, 3.05) is 5.32 Å². The van der Waals surface area contributed by atoms with Gasteiger partial charge in [-0.2, -0.15) is 0 Å². The summed E-state index contributed by atoms with van der Waals surface area (Å²) >= 11 is 0. The first-order valence-electron chi connectivity index (χ1n) is 8.04. The molecule has 0 atom stereocenters. The lowest BCUT2D eigenvalue weighted by Gasteiger charge is -2.12. The van der Waals surface area contributed by atoms with Crippen molar-refractivity contribution < 1.29 is 9.18 Å². The fourth-order valence-corrected chi connectivity index (χ4v) is 2.23. The second-order valence-electron chi connectivity index (χ2n) is 5.44. The van der Waals surface area contributed by atoms with E-state index < -0.39 is 0 Å². The molecule has 0 saturated heterocycles. The molecule has 5 nitrogen and oxygen atoms in total. The molecule has 1 amide bonds. The highest BCUT2D eigenvalue weighted by atomic mass is 19.1. The molecule has 0 aliphatic rings. The Morgan fingerprint density at radius 1 is 1.00 bits per heavy atom. The van der Waals surface area contributed by atoms with Crippen molar-refractivity contribution in [1.29, 1.82) is 0 Å². The second kappa shape index (κ2) is 8.53. The molecule has 130 valence electrons. The minimum absolute atomic E-state index is 0.218. The van der Waals surface area contributed by atoms with E-state index >= 15 is 0 Å². The number of benzene rings is 2. The Balaban J connectivity index is 1.79. The summed E-state index contributed by atoms with van der Waals surface area (Å²) in [6.07, 6.45) is 1.67. The van der Waals surface area contributed by atoms with Crippen molar-refractivity contribution >= 4 is 17.6 Å². The molecule has 3 rings (SSSR count). The van der Waals surface area contributed by atoms with Crippen LogP contribution in [0.15, 0.2) is 84.0 Å². The molecular weight excluding hydrogens is 331 g/mol. The lowest BCUT2D eigenvalue weighted by molar-refractivity contribution is 0.0977. The molecule has 0 unspecified atom stereocenters. The summed E-state index contributed by atoms with van der Waals surface area (Å²) in [5.41, 5.74) is 1.73. The van der Waals surface area contributed by atoms with Gasteiger partial charge in [0.1, 0.15) is 5.82 Å². The summed E-state index contributed by atoms with van der Waals surface area (Å²) in [5, 5.41) is 5.66.